The summed E-state index contributed by atoms with van der Waals surface area (Å²) in [4.78, 5) is 24.1. The number of hydrazine groups is 1. The Labute approximate surface area is 142 Å². The highest BCUT2D eigenvalue weighted by molar-refractivity contribution is 5.91. The van der Waals surface area contributed by atoms with Crippen LogP contribution < -0.4 is 10.7 Å². The predicted octanol–water partition coefficient (Wildman–Crippen LogP) is 2.02. The fourth-order valence-corrected chi connectivity index (χ4v) is 3.08. The largest absolute Gasteiger partial charge is 0.347 e. The molecule has 1 heterocycles. The molecule has 24 heavy (non-hydrogen) atoms. The molecule has 1 aliphatic rings. The summed E-state index contributed by atoms with van der Waals surface area (Å²) in [6.45, 7) is 1.78. The number of rotatable bonds is 5. The molecular weight excluding hydrogens is 302 g/mol. The Balaban J connectivity index is 1.51. The van der Waals surface area contributed by atoms with Gasteiger partial charge in [-0.3, -0.25) is 15.0 Å². The second kappa shape index (κ2) is 7.93. The van der Waals surface area contributed by atoms with E-state index in [0.717, 1.165) is 42.3 Å². The molecule has 126 valence electrons. The lowest BCUT2D eigenvalue weighted by Gasteiger charge is -2.26. The molecular formula is C19H23N3O2. The molecule has 3 rings (SSSR count). The van der Waals surface area contributed by atoms with Gasteiger partial charge in [0, 0.05) is 13.1 Å². The molecule has 2 N–H and O–H groups in total. The maximum Gasteiger partial charge on any atom is 0.253 e. The first-order valence-electron chi connectivity index (χ1n) is 8.50. The summed E-state index contributed by atoms with van der Waals surface area (Å²) >= 11 is 0. The highest BCUT2D eigenvalue weighted by Gasteiger charge is 2.13. The molecule has 0 bridgehead atoms. The third-order valence-electron chi connectivity index (χ3n) is 4.32. The number of piperidine rings is 1. The fourth-order valence-electron chi connectivity index (χ4n) is 3.08. The monoisotopic (exact) mass is 325 g/mol. The molecule has 0 unspecified atom stereocenters. The zero-order valence-electron chi connectivity index (χ0n) is 13.8. The molecule has 5 heteroatoms. The highest BCUT2D eigenvalue weighted by Crippen LogP contribution is 2.18. The number of carbonyl (C=O) groups excluding carboxylic acids is 2. The van der Waals surface area contributed by atoms with Crippen LogP contribution in [0.5, 0.6) is 0 Å². The standard InChI is InChI=1S/C19H23N3O2/c23-18(20-14-19(24)21-22-11-4-1-5-12-22)13-16-9-6-8-15-7-2-3-10-17(15)16/h2-3,6-10H,1,4-5,11-14H2,(H,20,23)(H,21,24). The first-order valence-corrected chi connectivity index (χ1v) is 8.50. The summed E-state index contributed by atoms with van der Waals surface area (Å²) in [5.74, 6) is -0.302. The molecule has 0 saturated carbocycles. The van der Waals surface area contributed by atoms with Crippen molar-refractivity contribution in [2.75, 3.05) is 19.6 Å². The van der Waals surface area contributed by atoms with Gasteiger partial charge in [0.1, 0.15) is 0 Å². The van der Waals surface area contributed by atoms with E-state index < -0.39 is 0 Å². The van der Waals surface area contributed by atoms with Crippen LogP contribution in [0.3, 0.4) is 0 Å². The van der Waals surface area contributed by atoms with E-state index in [1.165, 1.54) is 6.42 Å². The number of fused-ring (bicyclic) bond motifs is 1. The Hall–Kier alpha value is -2.40. The van der Waals surface area contributed by atoms with Crippen LogP contribution in [0.1, 0.15) is 24.8 Å². The van der Waals surface area contributed by atoms with Crippen molar-refractivity contribution in [3.63, 3.8) is 0 Å². The third-order valence-corrected chi connectivity index (χ3v) is 4.32. The minimum Gasteiger partial charge on any atom is -0.347 e. The summed E-state index contributed by atoms with van der Waals surface area (Å²) in [6.07, 6.45) is 3.70. The molecule has 1 aliphatic heterocycles. The van der Waals surface area contributed by atoms with E-state index in [2.05, 4.69) is 10.7 Å². The lowest BCUT2D eigenvalue weighted by atomic mass is 10.0. The summed E-state index contributed by atoms with van der Waals surface area (Å²) in [6, 6.07) is 13.9. The van der Waals surface area contributed by atoms with Crippen LogP contribution in [0.4, 0.5) is 0 Å². The van der Waals surface area contributed by atoms with Gasteiger partial charge in [0.15, 0.2) is 0 Å². The Kier molecular flexibility index (Phi) is 5.43. The van der Waals surface area contributed by atoms with E-state index in [9.17, 15) is 9.59 Å². The summed E-state index contributed by atoms with van der Waals surface area (Å²) in [7, 11) is 0. The molecule has 2 aromatic carbocycles. The first kappa shape index (κ1) is 16.5. The van der Waals surface area contributed by atoms with Crippen molar-refractivity contribution in [3.05, 3.63) is 48.0 Å². The number of hydrogen-bond acceptors (Lipinski definition) is 3. The molecule has 0 spiro atoms. The summed E-state index contributed by atoms with van der Waals surface area (Å²) in [5, 5.41) is 6.83. The Morgan fingerprint density at radius 2 is 1.67 bits per heavy atom. The molecule has 1 fully saturated rings. The SMILES string of the molecule is O=C(Cc1cccc2ccccc12)NCC(=O)NN1CCCCC1. The zero-order valence-corrected chi connectivity index (χ0v) is 13.8. The van der Waals surface area contributed by atoms with Crippen molar-refractivity contribution >= 4 is 22.6 Å². The maximum absolute atomic E-state index is 12.1. The van der Waals surface area contributed by atoms with Gasteiger partial charge in [0.2, 0.25) is 5.91 Å². The quantitative estimate of drug-likeness (QED) is 0.884. The Morgan fingerprint density at radius 3 is 2.50 bits per heavy atom. The van der Waals surface area contributed by atoms with Gasteiger partial charge in [-0.15, -0.1) is 0 Å². The summed E-state index contributed by atoms with van der Waals surface area (Å²) < 4.78 is 0. The molecule has 5 nitrogen and oxygen atoms in total. The number of nitrogens with one attached hydrogen (secondary N) is 2. The van der Waals surface area contributed by atoms with Gasteiger partial charge in [-0.1, -0.05) is 48.9 Å². The maximum atomic E-state index is 12.1. The van der Waals surface area contributed by atoms with Crippen molar-refractivity contribution < 1.29 is 9.59 Å². The Bertz CT molecular complexity index is 718. The zero-order chi connectivity index (χ0) is 16.8. The second-order valence-electron chi connectivity index (χ2n) is 6.17. The van der Waals surface area contributed by atoms with Gasteiger partial charge in [0.05, 0.1) is 13.0 Å². The number of amides is 2. The van der Waals surface area contributed by atoms with Gasteiger partial charge in [-0.05, 0) is 29.2 Å². The van der Waals surface area contributed by atoms with Crippen molar-refractivity contribution in [2.24, 2.45) is 0 Å². The van der Waals surface area contributed by atoms with Crippen LogP contribution in [0, 0.1) is 0 Å². The molecule has 1 saturated heterocycles. The van der Waals surface area contributed by atoms with Crippen LogP contribution in [-0.2, 0) is 16.0 Å². The van der Waals surface area contributed by atoms with E-state index in [0.29, 0.717) is 0 Å². The van der Waals surface area contributed by atoms with Crippen LogP contribution >= 0.6 is 0 Å². The van der Waals surface area contributed by atoms with Gasteiger partial charge in [-0.2, -0.15) is 0 Å². The average Bonchev–Trinajstić information content (AvgIpc) is 2.61. The van der Waals surface area contributed by atoms with Crippen LogP contribution in [-0.4, -0.2) is 36.5 Å². The number of benzene rings is 2. The molecule has 0 radical (unpaired) electrons. The lowest BCUT2D eigenvalue weighted by molar-refractivity contribution is -0.129. The van der Waals surface area contributed by atoms with E-state index in [4.69, 9.17) is 0 Å². The number of nitrogens with zero attached hydrogens (tertiary/aromatic N) is 1. The van der Waals surface area contributed by atoms with Gasteiger partial charge >= 0.3 is 0 Å². The first-order chi connectivity index (χ1) is 11.7. The minimum atomic E-state index is -0.164. The lowest BCUT2D eigenvalue weighted by Crippen LogP contribution is -2.48. The van der Waals surface area contributed by atoms with E-state index in [1.807, 2.05) is 47.5 Å². The molecule has 0 aliphatic carbocycles. The smallest absolute Gasteiger partial charge is 0.253 e. The van der Waals surface area contributed by atoms with Crippen molar-refractivity contribution in [3.8, 4) is 0 Å². The normalized spacial score (nSPS) is 15.2. The van der Waals surface area contributed by atoms with E-state index in [1.54, 1.807) is 0 Å². The molecule has 2 aromatic rings. The van der Waals surface area contributed by atoms with Crippen molar-refractivity contribution in [2.45, 2.75) is 25.7 Å². The fraction of sp³-hybridized carbons (Fsp3) is 0.368. The molecule has 0 aromatic heterocycles. The summed E-state index contributed by atoms with van der Waals surface area (Å²) in [5.41, 5.74) is 3.82. The molecule has 2 amide bonds. The molecule has 0 atom stereocenters. The topological polar surface area (TPSA) is 61.4 Å². The van der Waals surface area contributed by atoms with Gasteiger partial charge in [0.25, 0.3) is 5.91 Å². The van der Waals surface area contributed by atoms with Crippen LogP contribution in [0.25, 0.3) is 10.8 Å². The van der Waals surface area contributed by atoms with Crippen molar-refractivity contribution in [1.82, 2.24) is 15.8 Å². The third kappa shape index (κ3) is 4.32. The van der Waals surface area contributed by atoms with E-state index >= 15 is 0 Å². The van der Waals surface area contributed by atoms with E-state index in [-0.39, 0.29) is 24.8 Å². The minimum absolute atomic E-state index is 0.0140. The number of hydrogen-bond donors (Lipinski definition) is 2. The van der Waals surface area contributed by atoms with Crippen LogP contribution in [0.2, 0.25) is 0 Å². The predicted molar refractivity (Wildman–Crippen MR) is 94.2 cm³/mol. The van der Waals surface area contributed by atoms with Gasteiger partial charge < -0.3 is 5.32 Å². The average molecular weight is 325 g/mol. The Morgan fingerprint density at radius 1 is 0.917 bits per heavy atom. The number of carbonyl (C=O) groups is 2. The van der Waals surface area contributed by atoms with Crippen molar-refractivity contribution in [1.29, 1.82) is 0 Å². The highest BCUT2D eigenvalue weighted by atomic mass is 16.2. The van der Waals surface area contributed by atoms with Gasteiger partial charge in [-0.25, -0.2) is 5.01 Å². The van der Waals surface area contributed by atoms with Crippen LogP contribution in [0.15, 0.2) is 42.5 Å². The second-order valence-corrected chi connectivity index (χ2v) is 6.17.